The van der Waals surface area contributed by atoms with Crippen LogP contribution < -0.4 is 14.2 Å². The number of rotatable bonds is 7. The summed E-state index contributed by atoms with van der Waals surface area (Å²) < 4.78 is 16.6. The quantitative estimate of drug-likeness (QED) is 0.660. The first kappa shape index (κ1) is 21.9. The van der Waals surface area contributed by atoms with Gasteiger partial charge in [-0.05, 0) is 35.9 Å². The molecule has 2 aliphatic rings. The molecule has 4 rings (SSSR count). The number of piperazine rings is 1. The maximum atomic E-state index is 12.6. The highest BCUT2D eigenvalue weighted by atomic mass is 16.5. The molecule has 0 radical (unpaired) electrons. The number of nitrogens with zero attached hydrogens (tertiary/aromatic N) is 2. The van der Waals surface area contributed by atoms with E-state index in [4.69, 9.17) is 19.3 Å². The Bertz CT molecular complexity index is 1010. The zero-order valence-electron chi connectivity index (χ0n) is 18.0. The number of hydrogen-bond acceptors (Lipinski definition) is 7. The van der Waals surface area contributed by atoms with Gasteiger partial charge in [0.15, 0.2) is 12.4 Å². The third-order valence-electron chi connectivity index (χ3n) is 5.56. The molecule has 0 aliphatic carbocycles. The fourth-order valence-electron chi connectivity index (χ4n) is 3.71. The summed E-state index contributed by atoms with van der Waals surface area (Å²) in [4.78, 5) is 29.0. The second kappa shape index (κ2) is 9.84. The number of Topliss-reactive ketones (excluding diaryl/α,β-unsaturated/α-hetero) is 1. The number of carbonyl (C=O) groups is 2. The second-order valence-corrected chi connectivity index (χ2v) is 7.61. The molecule has 168 valence electrons. The number of allylic oxidation sites excluding steroid dienone is 1. The van der Waals surface area contributed by atoms with Crippen LogP contribution >= 0.6 is 0 Å². The second-order valence-electron chi connectivity index (χ2n) is 7.61. The summed E-state index contributed by atoms with van der Waals surface area (Å²) >= 11 is 0. The van der Waals surface area contributed by atoms with E-state index >= 15 is 0 Å². The van der Waals surface area contributed by atoms with E-state index in [0.29, 0.717) is 36.7 Å². The summed E-state index contributed by atoms with van der Waals surface area (Å²) in [6, 6.07) is 12.3. The van der Waals surface area contributed by atoms with Gasteiger partial charge >= 0.3 is 0 Å². The normalized spacial score (nSPS) is 17.2. The number of methoxy groups -OCH3 is 1. The predicted molar refractivity (Wildman–Crippen MR) is 118 cm³/mol. The Balaban J connectivity index is 1.35. The maximum absolute atomic E-state index is 12.6. The van der Waals surface area contributed by atoms with Crippen molar-refractivity contribution in [2.24, 2.45) is 0 Å². The Morgan fingerprint density at radius 3 is 2.50 bits per heavy atom. The maximum Gasteiger partial charge on any atom is 0.260 e. The van der Waals surface area contributed by atoms with Gasteiger partial charge in [-0.1, -0.05) is 12.1 Å². The van der Waals surface area contributed by atoms with Gasteiger partial charge in [-0.3, -0.25) is 14.5 Å². The van der Waals surface area contributed by atoms with Crippen molar-refractivity contribution < 1.29 is 28.9 Å². The average molecular weight is 438 g/mol. The largest absolute Gasteiger partial charge is 0.497 e. The number of aliphatic hydroxyl groups excluding tert-OH is 1. The standard InChI is InChI=1S/C24H26N2O6/c1-30-18-4-2-17(3-5-18)14-22-24(29)20-7-6-19(15-21(20)32-22)31-16-23(28)26-10-8-25(9-11-26)12-13-27/h2-7,14-15,27H,8-13,16H2,1H3. The van der Waals surface area contributed by atoms with Gasteiger partial charge in [0.2, 0.25) is 5.78 Å². The van der Waals surface area contributed by atoms with Gasteiger partial charge in [0.05, 0.1) is 19.3 Å². The van der Waals surface area contributed by atoms with Crippen LogP contribution in [0.15, 0.2) is 48.2 Å². The van der Waals surface area contributed by atoms with E-state index in [-0.39, 0.29) is 30.7 Å². The Morgan fingerprint density at radius 2 is 1.81 bits per heavy atom. The fourth-order valence-corrected chi connectivity index (χ4v) is 3.71. The van der Waals surface area contributed by atoms with Crippen molar-refractivity contribution in [2.75, 3.05) is 53.0 Å². The topological polar surface area (TPSA) is 88.5 Å². The Labute approximate surface area is 186 Å². The zero-order chi connectivity index (χ0) is 22.5. The van der Waals surface area contributed by atoms with Gasteiger partial charge in [0, 0.05) is 38.8 Å². The highest BCUT2D eigenvalue weighted by molar-refractivity contribution is 6.14. The third-order valence-corrected chi connectivity index (χ3v) is 5.56. The molecule has 2 aliphatic heterocycles. The molecule has 1 fully saturated rings. The Morgan fingerprint density at radius 1 is 1.09 bits per heavy atom. The highest BCUT2D eigenvalue weighted by Gasteiger charge is 2.28. The van der Waals surface area contributed by atoms with E-state index in [2.05, 4.69) is 4.90 Å². The van der Waals surface area contributed by atoms with E-state index in [0.717, 1.165) is 24.4 Å². The summed E-state index contributed by atoms with van der Waals surface area (Å²) in [7, 11) is 1.60. The fraction of sp³-hybridized carbons (Fsp3) is 0.333. The number of fused-ring (bicyclic) bond motifs is 1. The minimum Gasteiger partial charge on any atom is -0.497 e. The minimum atomic E-state index is -0.195. The lowest BCUT2D eigenvalue weighted by molar-refractivity contribution is -0.135. The van der Waals surface area contributed by atoms with Crippen LogP contribution in [-0.2, 0) is 4.79 Å². The molecule has 0 spiro atoms. The van der Waals surface area contributed by atoms with Crippen molar-refractivity contribution >= 4 is 17.8 Å². The van der Waals surface area contributed by atoms with E-state index in [1.807, 2.05) is 24.3 Å². The number of hydrogen-bond donors (Lipinski definition) is 1. The van der Waals surface area contributed by atoms with Crippen LogP contribution in [0.2, 0.25) is 0 Å². The van der Waals surface area contributed by atoms with Crippen LogP contribution in [0.1, 0.15) is 15.9 Å². The van der Waals surface area contributed by atoms with E-state index in [9.17, 15) is 9.59 Å². The summed E-state index contributed by atoms with van der Waals surface area (Å²) in [5.74, 6) is 1.56. The lowest BCUT2D eigenvalue weighted by Crippen LogP contribution is -2.50. The Kier molecular flexibility index (Phi) is 6.72. The highest BCUT2D eigenvalue weighted by Crippen LogP contribution is 2.35. The van der Waals surface area contributed by atoms with Crippen LogP contribution in [0, 0.1) is 0 Å². The lowest BCUT2D eigenvalue weighted by atomic mass is 10.1. The first-order valence-electron chi connectivity index (χ1n) is 10.5. The van der Waals surface area contributed by atoms with Crippen LogP contribution in [0.5, 0.6) is 17.2 Å². The molecule has 0 saturated carbocycles. The first-order chi connectivity index (χ1) is 15.6. The number of benzene rings is 2. The lowest BCUT2D eigenvalue weighted by Gasteiger charge is -2.34. The molecule has 0 bridgehead atoms. The van der Waals surface area contributed by atoms with Gasteiger partial charge in [-0.15, -0.1) is 0 Å². The van der Waals surface area contributed by atoms with E-state index in [1.54, 1.807) is 36.3 Å². The van der Waals surface area contributed by atoms with E-state index in [1.165, 1.54) is 0 Å². The van der Waals surface area contributed by atoms with Crippen LogP contribution in [0.4, 0.5) is 0 Å². The molecule has 8 heteroatoms. The predicted octanol–water partition coefficient (Wildman–Crippen LogP) is 1.83. The molecular weight excluding hydrogens is 412 g/mol. The molecule has 0 aromatic heterocycles. The van der Waals surface area contributed by atoms with Gasteiger partial charge in [0.25, 0.3) is 5.91 Å². The van der Waals surface area contributed by atoms with Gasteiger partial charge in [-0.25, -0.2) is 0 Å². The van der Waals surface area contributed by atoms with Crippen molar-refractivity contribution in [3.8, 4) is 17.2 Å². The van der Waals surface area contributed by atoms with Crippen molar-refractivity contribution in [1.29, 1.82) is 0 Å². The summed E-state index contributed by atoms with van der Waals surface area (Å²) in [5, 5.41) is 9.01. The third kappa shape index (κ3) is 4.92. The van der Waals surface area contributed by atoms with Crippen LogP contribution in [0.3, 0.4) is 0 Å². The van der Waals surface area contributed by atoms with E-state index < -0.39 is 0 Å². The Hall–Kier alpha value is -3.36. The molecular formula is C24H26N2O6. The van der Waals surface area contributed by atoms with Gasteiger partial charge in [0.1, 0.15) is 17.2 Å². The molecule has 2 heterocycles. The molecule has 1 N–H and O–H groups in total. The van der Waals surface area contributed by atoms with Crippen molar-refractivity contribution in [2.45, 2.75) is 0 Å². The smallest absolute Gasteiger partial charge is 0.260 e. The summed E-state index contributed by atoms with van der Waals surface area (Å²) in [6.45, 7) is 3.38. The molecule has 2 aromatic carbocycles. The SMILES string of the molecule is COc1ccc(C=C2Oc3cc(OCC(=O)N4CCN(CCO)CC4)ccc3C2=O)cc1. The van der Waals surface area contributed by atoms with Crippen molar-refractivity contribution in [3.05, 3.63) is 59.4 Å². The number of ether oxygens (including phenoxy) is 3. The molecule has 2 aromatic rings. The molecule has 32 heavy (non-hydrogen) atoms. The van der Waals surface area contributed by atoms with Gasteiger partial charge < -0.3 is 24.2 Å². The zero-order valence-corrected chi connectivity index (χ0v) is 18.0. The number of β-amino-alcohol motifs (C(OH)–C–C–N with tert-alkyl or cyclic N) is 1. The molecule has 8 nitrogen and oxygen atoms in total. The monoisotopic (exact) mass is 438 g/mol. The summed E-state index contributed by atoms with van der Waals surface area (Å²) in [5.41, 5.74) is 1.28. The van der Waals surface area contributed by atoms with Crippen molar-refractivity contribution in [1.82, 2.24) is 9.80 Å². The number of carbonyl (C=O) groups excluding carboxylic acids is 2. The number of aliphatic hydroxyl groups is 1. The number of ketones is 1. The summed E-state index contributed by atoms with van der Waals surface area (Å²) in [6.07, 6.45) is 1.68. The van der Waals surface area contributed by atoms with Crippen molar-refractivity contribution in [3.63, 3.8) is 0 Å². The molecule has 1 amide bonds. The van der Waals surface area contributed by atoms with Crippen LogP contribution in [-0.4, -0.2) is 79.6 Å². The van der Waals surface area contributed by atoms with Crippen LogP contribution in [0.25, 0.3) is 6.08 Å². The van der Waals surface area contributed by atoms with Gasteiger partial charge in [-0.2, -0.15) is 0 Å². The minimum absolute atomic E-state index is 0.0821. The average Bonchev–Trinajstić information content (AvgIpc) is 3.13. The molecule has 1 saturated heterocycles. The number of amides is 1. The first-order valence-corrected chi connectivity index (χ1v) is 10.5. The molecule has 0 atom stereocenters. The molecule has 0 unspecified atom stereocenters.